The van der Waals surface area contributed by atoms with Gasteiger partial charge in [0.1, 0.15) is 5.00 Å². The topological polar surface area (TPSA) is 75.6 Å². The third-order valence-corrected chi connectivity index (χ3v) is 3.56. The minimum atomic E-state index is -1.11. The second-order valence-electron chi connectivity index (χ2n) is 4.16. The summed E-state index contributed by atoms with van der Waals surface area (Å²) in [5.74, 6) is -1.97. The molecule has 7 heteroatoms. The minimum absolute atomic E-state index is 0.0364. The quantitative estimate of drug-likeness (QED) is 0.890. The van der Waals surface area contributed by atoms with E-state index in [4.69, 9.17) is 9.84 Å². The number of ether oxygens (including phenoxy) is 1. The molecule has 1 heterocycles. The summed E-state index contributed by atoms with van der Waals surface area (Å²) in [6.45, 7) is 0. The smallest absolute Gasteiger partial charge is 0.338 e. The number of carbonyl (C=O) groups is 2. The number of halogens is 1. The molecule has 110 valence electrons. The number of thiophene rings is 1. The van der Waals surface area contributed by atoms with Crippen molar-refractivity contribution in [2.75, 3.05) is 12.4 Å². The maximum atomic E-state index is 13.5. The van der Waals surface area contributed by atoms with E-state index >= 15 is 0 Å². The number of aromatic carboxylic acids is 1. The Labute approximate surface area is 124 Å². The first kappa shape index (κ1) is 15.0. The van der Waals surface area contributed by atoms with Crippen LogP contribution in [0.3, 0.4) is 0 Å². The van der Waals surface area contributed by atoms with Gasteiger partial charge in [-0.3, -0.25) is 4.79 Å². The number of carboxylic acids is 1. The summed E-state index contributed by atoms with van der Waals surface area (Å²) in [5.41, 5.74) is 0.508. The van der Waals surface area contributed by atoms with E-state index in [2.05, 4.69) is 5.32 Å². The van der Waals surface area contributed by atoms with Crippen molar-refractivity contribution in [2.24, 2.45) is 0 Å². The van der Waals surface area contributed by atoms with Gasteiger partial charge in [0, 0.05) is 0 Å². The lowest BCUT2D eigenvalue weighted by Gasteiger charge is -2.06. The summed E-state index contributed by atoms with van der Waals surface area (Å²) < 4.78 is 18.3. The Hall–Kier alpha value is -2.41. The first-order valence-electron chi connectivity index (χ1n) is 5.94. The van der Waals surface area contributed by atoms with Crippen LogP contribution < -0.4 is 10.1 Å². The summed E-state index contributed by atoms with van der Waals surface area (Å²) in [4.78, 5) is 22.8. The number of hydrogen-bond acceptors (Lipinski definition) is 4. The predicted octanol–water partition coefficient (Wildman–Crippen LogP) is 2.78. The molecule has 1 aromatic carbocycles. The highest BCUT2D eigenvalue weighted by Crippen LogP contribution is 2.23. The molecule has 0 saturated carbocycles. The number of methoxy groups -OCH3 is 1. The van der Waals surface area contributed by atoms with Gasteiger partial charge in [0.15, 0.2) is 11.6 Å². The van der Waals surface area contributed by atoms with E-state index in [1.807, 2.05) is 0 Å². The zero-order chi connectivity index (χ0) is 15.4. The molecule has 0 radical (unpaired) electrons. The third kappa shape index (κ3) is 3.57. The molecule has 0 spiro atoms. The fourth-order valence-electron chi connectivity index (χ4n) is 1.75. The van der Waals surface area contributed by atoms with Crippen molar-refractivity contribution in [1.29, 1.82) is 0 Å². The second kappa shape index (κ2) is 6.36. The normalized spacial score (nSPS) is 10.2. The van der Waals surface area contributed by atoms with E-state index in [9.17, 15) is 14.0 Å². The molecule has 1 aromatic heterocycles. The molecule has 2 aromatic rings. The molecule has 0 aliphatic heterocycles. The number of hydrogen-bond donors (Lipinski definition) is 2. The van der Waals surface area contributed by atoms with Crippen LogP contribution in [0, 0.1) is 5.82 Å². The van der Waals surface area contributed by atoms with Crippen molar-refractivity contribution in [2.45, 2.75) is 6.42 Å². The van der Waals surface area contributed by atoms with Gasteiger partial charge in [-0.2, -0.15) is 0 Å². The highest BCUT2D eigenvalue weighted by Gasteiger charge is 2.14. The zero-order valence-corrected chi connectivity index (χ0v) is 11.9. The average molecular weight is 309 g/mol. The van der Waals surface area contributed by atoms with E-state index in [1.165, 1.54) is 25.3 Å². The third-order valence-electron chi connectivity index (χ3n) is 2.73. The van der Waals surface area contributed by atoms with Crippen molar-refractivity contribution < 1.29 is 23.8 Å². The van der Waals surface area contributed by atoms with E-state index < -0.39 is 17.7 Å². The zero-order valence-electron chi connectivity index (χ0n) is 11.1. The Morgan fingerprint density at radius 1 is 1.38 bits per heavy atom. The van der Waals surface area contributed by atoms with Crippen LogP contribution in [0.25, 0.3) is 0 Å². The average Bonchev–Trinajstić information content (AvgIpc) is 2.87. The number of carbonyl (C=O) groups excluding carboxylic acids is 1. The first-order chi connectivity index (χ1) is 10.0. The van der Waals surface area contributed by atoms with E-state index in [1.54, 1.807) is 11.4 Å². The Bertz CT molecular complexity index is 683. The number of amides is 1. The first-order valence-corrected chi connectivity index (χ1v) is 6.82. The number of benzene rings is 1. The Morgan fingerprint density at radius 3 is 2.76 bits per heavy atom. The van der Waals surface area contributed by atoms with Gasteiger partial charge >= 0.3 is 5.97 Å². The summed E-state index contributed by atoms with van der Waals surface area (Å²) in [6, 6.07) is 5.64. The van der Waals surface area contributed by atoms with Crippen LogP contribution in [0.1, 0.15) is 15.9 Å². The van der Waals surface area contributed by atoms with Crippen LogP contribution in [-0.4, -0.2) is 24.1 Å². The van der Waals surface area contributed by atoms with Gasteiger partial charge in [-0.15, -0.1) is 11.3 Å². The van der Waals surface area contributed by atoms with E-state index in [0.29, 0.717) is 5.56 Å². The molecule has 0 atom stereocenters. The van der Waals surface area contributed by atoms with Gasteiger partial charge in [-0.1, -0.05) is 6.07 Å². The highest BCUT2D eigenvalue weighted by atomic mass is 32.1. The van der Waals surface area contributed by atoms with E-state index in [0.717, 1.165) is 11.3 Å². The van der Waals surface area contributed by atoms with Crippen LogP contribution in [0.2, 0.25) is 0 Å². The molecule has 0 aliphatic carbocycles. The van der Waals surface area contributed by atoms with Crippen molar-refractivity contribution in [3.63, 3.8) is 0 Å². The molecule has 2 N–H and O–H groups in total. The molecule has 0 unspecified atom stereocenters. The van der Waals surface area contributed by atoms with E-state index in [-0.39, 0.29) is 22.7 Å². The lowest BCUT2D eigenvalue weighted by atomic mass is 10.1. The summed E-state index contributed by atoms with van der Waals surface area (Å²) in [6.07, 6.45) is -0.0577. The lowest BCUT2D eigenvalue weighted by molar-refractivity contribution is -0.115. The summed E-state index contributed by atoms with van der Waals surface area (Å²) >= 11 is 1.12. The maximum absolute atomic E-state index is 13.5. The predicted molar refractivity (Wildman–Crippen MR) is 76.6 cm³/mol. The van der Waals surface area contributed by atoms with Gasteiger partial charge < -0.3 is 15.2 Å². The Morgan fingerprint density at radius 2 is 2.14 bits per heavy atom. The van der Waals surface area contributed by atoms with Gasteiger partial charge in [-0.25, -0.2) is 9.18 Å². The number of carboxylic acid groups (broad SMARTS) is 1. The van der Waals surface area contributed by atoms with Crippen molar-refractivity contribution >= 4 is 28.2 Å². The molecular formula is C14H12FNO4S. The van der Waals surface area contributed by atoms with Crippen LogP contribution >= 0.6 is 11.3 Å². The van der Waals surface area contributed by atoms with Crippen LogP contribution in [0.15, 0.2) is 29.6 Å². The standard InChI is InChI=1S/C14H12FNO4S/c1-20-11-3-2-8(6-10(11)15)7-12(17)16-13-9(14(18)19)4-5-21-13/h2-6H,7H2,1H3,(H,16,17)(H,18,19). The lowest BCUT2D eigenvalue weighted by Crippen LogP contribution is -2.15. The number of rotatable bonds is 5. The molecule has 0 saturated heterocycles. The largest absolute Gasteiger partial charge is 0.494 e. The second-order valence-corrected chi connectivity index (χ2v) is 5.08. The number of nitrogens with one attached hydrogen (secondary N) is 1. The Balaban J connectivity index is 2.06. The van der Waals surface area contributed by atoms with Crippen molar-refractivity contribution in [3.05, 3.63) is 46.6 Å². The fourth-order valence-corrected chi connectivity index (χ4v) is 2.55. The van der Waals surface area contributed by atoms with Crippen molar-refractivity contribution in [1.82, 2.24) is 0 Å². The van der Waals surface area contributed by atoms with Crippen LogP contribution in [0.4, 0.5) is 9.39 Å². The molecule has 0 bridgehead atoms. The van der Waals surface area contributed by atoms with Gasteiger partial charge in [0.05, 0.1) is 19.1 Å². The fraction of sp³-hybridized carbons (Fsp3) is 0.143. The minimum Gasteiger partial charge on any atom is -0.494 e. The molecule has 5 nitrogen and oxygen atoms in total. The van der Waals surface area contributed by atoms with Crippen LogP contribution in [-0.2, 0) is 11.2 Å². The van der Waals surface area contributed by atoms with Gasteiger partial charge in [-0.05, 0) is 29.1 Å². The molecule has 0 aliphatic rings. The summed E-state index contributed by atoms with van der Waals surface area (Å²) in [7, 11) is 1.36. The van der Waals surface area contributed by atoms with Gasteiger partial charge in [0.2, 0.25) is 5.91 Å². The molecule has 0 fully saturated rings. The molecule has 2 rings (SSSR count). The molecular weight excluding hydrogens is 297 g/mol. The highest BCUT2D eigenvalue weighted by molar-refractivity contribution is 7.14. The summed E-state index contributed by atoms with van der Waals surface area (Å²) in [5, 5.41) is 13.3. The SMILES string of the molecule is COc1ccc(CC(=O)Nc2sccc2C(=O)O)cc1F. The van der Waals surface area contributed by atoms with Crippen molar-refractivity contribution in [3.8, 4) is 5.75 Å². The molecule has 21 heavy (non-hydrogen) atoms. The van der Waals surface area contributed by atoms with Crippen LogP contribution in [0.5, 0.6) is 5.75 Å². The number of anilines is 1. The monoisotopic (exact) mass is 309 g/mol. The Kier molecular flexibility index (Phi) is 4.54. The van der Waals surface area contributed by atoms with Gasteiger partial charge in [0.25, 0.3) is 0 Å². The maximum Gasteiger partial charge on any atom is 0.338 e. The molecule has 1 amide bonds.